The normalized spacial score (nSPS) is 32.5. The van der Waals surface area contributed by atoms with Gasteiger partial charge in [-0.15, -0.1) is 0 Å². The molecule has 101 heavy (non-hydrogen) atoms. The number of rotatable bonds is 10. The molecule has 4 saturated carbocycles. The van der Waals surface area contributed by atoms with Crippen LogP contribution in [0, 0.1) is 35.5 Å². The minimum absolute atomic E-state index is 0.0242. The molecule has 2 saturated heterocycles. The van der Waals surface area contributed by atoms with Gasteiger partial charge in [0.15, 0.2) is 0 Å². The number of hydrogen-bond donors (Lipinski definition) is 2. The van der Waals surface area contributed by atoms with Crippen molar-refractivity contribution in [1.82, 2.24) is 59.6 Å². The van der Waals surface area contributed by atoms with Gasteiger partial charge in [0.05, 0.1) is 19.5 Å². The Labute approximate surface area is 592 Å². The number of hydrogen-bond acceptors (Lipinski definition) is 12. The highest BCUT2D eigenvalue weighted by Gasteiger charge is 2.57. The summed E-state index contributed by atoms with van der Waals surface area (Å²) in [4.78, 5) is 192. The van der Waals surface area contributed by atoms with Crippen LogP contribution in [0.1, 0.15) is 175 Å². The van der Waals surface area contributed by atoms with Crippen LogP contribution in [0.2, 0.25) is 0 Å². The molecule has 3 heterocycles. The van der Waals surface area contributed by atoms with E-state index >= 15 is 37.5 Å². The summed E-state index contributed by atoms with van der Waals surface area (Å²) in [6, 6.07) is -10.2. The quantitative estimate of drug-likeness (QED) is 0.203. The number of likely N-dealkylation sites (N-methyl/N-ethyl adjacent to an activating group) is 8. The fourth-order valence-electron chi connectivity index (χ4n) is 16.6. The largest absolute Gasteiger partial charge is 0.397 e. The second kappa shape index (κ2) is 35.0. The Bertz CT molecular complexity index is 3020. The van der Waals surface area contributed by atoms with Crippen molar-refractivity contribution in [2.75, 3.05) is 89.6 Å². The molecule has 11 atom stereocenters. The highest BCUT2D eigenvalue weighted by atomic mass is 19.4. The van der Waals surface area contributed by atoms with Gasteiger partial charge in [0, 0.05) is 76.5 Å². The Hall–Kier alpha value is -6.97. The van der Waals surface area contributed by atoms with E-state index in [0.29, 0.717) is 38.0 Å². The molecule has 6 fully saturated rings. The van der Waals surface area contributed by atoms with Crippen molar-refractivity contribution < 1.29 is 79.5 Å². The summed E-state index contributed by atoms with van der Waals surface area (Å²) >= 11 is 0. The van der Waals surface area contributed by atoms with E-state index in [1.54, 1.807) is 19.9 Å². The lowest BCUT2D eigenvalue weighted by Gasteiger charge is -2.51. The molecule has 2 unspecified atom stereocenters. The highest BCUT2D eigenvalue weighted by molar-refractivity contribution is 6.01. The zero-order valence-corrected chi connectivity index (χ0v) is 61.7. The fraction of sp³-hybridized carbons (Fsp3) is 0.806. The molecule has 2 bridgehead atoms. The predicted molar refractivity (Wildman–Crippen MR) is 365 cm³/mol. The van der Waals surface area contributed by atoms with E-state index in [0.717, 1.165) is 58.1 Å². The van der Waals surface area contributed by atoms with Crippen molar-refractivity contribution in [2.45, 2.75) is 248 Å². The molecular formula is C72H113F5N12O12. The second-order valence-corrected chi connectivity index (χ2v) is 30.5. The van der Waals surface area contributed by atoms with Crippen molar-refractivity contribution >= 4 is 70.9 Å². The average molecular weight is 1430 g/mol. The third kappa shape index (κ3) is 18.7. The number of nitrogens with one attached hydrogen (secondary N) is 2. The lowest BCUT2D eigenvalue weighted by atomic mass is 9.73. The molecule has 12 amide bonds. The van der Waals surface area contributed by atoms with Crippen LogP contribution in [0.4, 0.5) is 22.0 Å². The maximum atomic E-state index is 15.5. The summed E-state index contributed by atoms with van der Waals surface area (Å²) < 4.78 is 72.5. The summed E-state index contributed by atoms with van der Waals surface area (Å²) in [6.07, 6.45) is -1.45. The molecule has 0 aromatic heterocycles. The summed E-state index contributed by atoms with van der Waals surface area (Å²) in [7, 11) is 12.8. The van der Waals surface area contributed by atoms with Crippen LogP contribution in [0.25, 0.3) is 0 Å². The van der Waals surface area contributed by atoms with Gasteiger partial charge in [0.1, 0.15) is 72.1 Å². The zero-order chi connectivity index (χ0) is 74.9. The van der Waals surface area contributed by atoms with E-state index in [4.69, 9.17) is 0 Å². The van der Waals surface area contributed by atoms with Crippen LogP contribution < -0.4 is 10.6 Å². The van der Waals surface area contributed by atoms with Gasteiger partial charge < -0.3 is 59.6 Å². The van der Waals surface area contributed by atoms with Crippen molar-refractivity contribution in [3.63, 3.8) is 0 Å². The van der Waals surface area contributed by atoms with E-state index in [2.05, 4.69) is 17.6 Å². The molecular weight excluding hydrogens is 1320 g/mol. The van der Waals surface area contributed by atoms with E-state index in [-0.39, 0.29) is 76.8 Å². The SMILES string of the molecule is CC[C@H](C)[C@@H]1NC(=O)[C@H](CC)N(C)C(=O)C[C@@H](C(=O)N(C)C)N(C)C(=O)[C@H](C2CCCC2)N(C)C(=O)C2(CCC2)N(C)C(=O)[C@@H]2CCCN2C(=O)[C@H](CCC2CC(F)C(C(F)(F)F)C(F)C2)NC(=O)CN(C)C(=O)[C@H](CC2CCC(C)CC2)N2CC/C=C\C[C@@H](C2=O)N(C)C(=O)CN(C)C1=O. The van der Waals surface area contributed by atoms with E-state index in [1.165, 1.54) is 92.8 Å². The number of carbonyl (C=O) groups is 12. The predicted octanol–water partition coefficient (Wildman–Crippen LogP) is 5.50. The van der Waals surface area contributed by atoms with Crippen LogP contribution in [-0.2, 0) is 57.5 Å². The van der Waals surface area contributed by atoms with Gasteiger partial charge in [-0.1, -0.05) is 84.8 Å². The van der Waals surface area contributed by atoms with Crippen LogP contribution in [0.3, 0.4) is 0 Å². The summed E-state index contributed by atoms with van der Waals surface area (Å²) in [5, 5.41) is 5.58. The van der Waals surface area contributed by atoms with Gasteiger partial charge in [0.2, 0.25) is 70.9 Å². The van der Waals surface area contributed by atoms with Crippen molar-refractivity contribution in [2.24, 2.45) is 35.5 Å². The molecule has 29 heteroatoms. The molecule has 7 aliphatic rings. The summed E-state index contributed by atoms with van der Waals surface area (Å²) in [6.45, 7) is 6.13. The monoisotopic (exact) mass is 1430 g/mol. The molecule has 7 rings (SSSR count). The van der Waals surface area contributed by atoms with Gasteiger partial charge in [0.25, 0.3) is 0 Å². The third-order valence-electron chi connectivity index (χ3n) is 23.6. The van der Waals surface area contributed by atoms with Crippen LogP contribution in [0.15, 0.2) is 12.2 Å². The first-order chi connectivity index (χ1) is 47.5. The molecule has 1 spiro atoms. The van der Waals surface area contributed by atoms with E-state index < -0.39 is 199 Å². The Balaban J connectivity index is 1.29. The molecule has 3 aliphatic heterocycles. The lowest BCUT2D eigenvalue weighted by molar-refractivity contribution is -0.219. The minimum atomic E-state index is -5.16. The maximum Gasteiger partial charge on any atom is 0.397 e. The molecule has 0 aromatic rings. The second-order valence-electron chi connectivity index (χ2n) is 30.5. The molecule has 2 N–H and O–H groups in total. The topological polar surface area (TPSA) is 261 Å². The Morgan fingerprint density at radius 2 is 1.26 bits per heavy atom. The molecule has 0 radical (unpaired) electrons. The number of nitrogens with zero attached hydrogens (tertiary/aromatic N) is 10. The number of halogens is 5. The van der Waals surface area contributed by atoms with Crippen LogP contribution >= 0.6 is 0 Å². The molecule has 4 aliphatic carbocycles. The first-order valence-electron chi connectivity index (χ1n) is 36.8. The van der Waals surface area contributed by atoms with Crippen molar-refractivity contribution in [1.29, 1.82) is 0 Å². The van der Waals surface area contributed by atoms with Gasteiger partial charge in [-0.3, -0.25) is 57.5 Å². The highest BCUT2D eigenvalue weighted by Crippen LogP contribution is 2.46. The number of carbonyl (C=O) groups excluding carboxylic acids is 12. The summed E-state index contributed by atoms with van der Waals surface area (Å²) in [5.74, 6) is -12.5. The van der Waals surface area contributed by atoms with E-state index in [1.807, 2.05) is 13.0 Å². The third-order valence-corrected chi connectivity index (χ3v) is 23.6. The Kier molecular flexibility index (Phi) is 28.2. The van der Waals surface area contributed by atoms with E-state index in [9.17, 15) is 41.9 Å². The fourth-order valence-corrected chi connectivity index (χ4v) is 16.6. The van der Waals surface area contributed by atoms with Crippen LogP contribution in [0.5, 0.6) is 0 Å². The van der Waals surface area contributed by atoms with Crippen LogP contribution in [-0.4, -0.2) is 282 Å². The lowest BCUT2D eigenvalue weighted by Crippen LogP contribution is -2.68. The Morgan fingerprint density at radius 3 is 1.83 bits per heavy atom. The smallest absolute Gasteiger partial charge is 0.347 e. The molecule has 0 aromatic carbocycles. The minimum Gasteiger partial charge on any atom is -0.347 e. The summed E-state index contributed by atoms with van der Waals surface area (Å²) in [5.41, 5.74) is -1.54. The first kappa shape index (κ1) is 81.3. The average Bonchev–Trinajstić information content (AvgIpc) is 1.55. The maximum absolute atomic E-state index is 15.5. The van der Waals surface area contributed by atoms with Gasteiger partial charge in [-0.05, 0) is 126 Å². The molecule has 568 valence electrons. The Morgan fingerprint density at radius 1 is 0.634 bits per heavy atom. The molecule has 24 nitrogen and oxygen atoms in total. The number of alkyl halides is 5. The van der Waals surface area contributed by atoms with Gasteiger partial charge in [-0.25, -0.2) is 8.78 Å². The van der Waals surface area contributed by atoms with Crippen molar-refractivity contribution in [3.05, 3.63) is 12.2 Å². The standard InChI is InChI=1S/C72H113F5N12O12/c1-14-44(4)60-68(99)82(8)42-58(92)84(10)52-25-17-16-20-35-89(67(52)98)55(39-45-29-27-43(3)28-30-45)65(96)81(7)41-56(90)78-50(32-31-46-37-48(73)59(49(74)38-46)72(75,76)77)63(94)88-36-21-26-53(88)66(97)87(13)71(33-22-34-71)70(101)86(12)61(47-23-18-19-24-47)69(100)85(11)54(64(95)80(5)6)40-57(91)83(9)51(15-2)62(93)79-60/h16-17,43-55,59-61H,14-15,18-42H2,1-13H3,(H,78,90)(H,79,93)/b17-16-/t43?,44-,45?,46?,48?,49?,50-,51-,52-,53-,54-,55-,59?,60-,61-/m0/s1. The van der Waals surface area contributed by atoms with Gasteiger partial charge in [-0.2, -0.15) is 13.2 Å². The zero-order valence-electron chi connectivity index (χ0n) is 61.7. The number of fused-ring (bicyclic) bond motifs is 3. The first-order valence-corrected chi connectivity index (χ1v) is 36.8. The van der Waals surface area contributed by atoms with Gasteiger partial charge >= 0.3 is 6.18 Å². The van der Waals surface area contributed by atoms with Crippen molar-refractivity contribution in [3.8, 4) is 0 Å². The number of amides is 12.